The molecule has 0 aliphatic carbocycles. The molecular weight excluding hydrogens is 342 g/mol. The first-order valence-electron chi connectivity index (χ1n) is 8.61. The number of nitrogens with zero attached hydrogens (tertiary/aromatic N) is 1. The largest absolute Gasteiger partial charge is 0.450 e. The van der Waals surface area contributed by atoms with E-state index in [2.05, 4.69) is 24.5 Å². The van der Waals surface area contributed by atoms with Crippen molar-refractivity contribution in [2.75, 3.05) is 13.2 Å². The molecule has 1 rings (SSSR count). The smallest absolute Gasteiger partial charge is 0.407 e. The summed E-state index contributed by atoms with van der Waals surface area (Å²) in [5, 5.41) is 5.60. The number of aryl methyl sites for hydroxylation is 1. The number of amides is 2. The van der Waals surface area contributed by atoms with E-state index in [1.165, 1.54) is 11.3 Å². The summed E-state index contributed by atoms with van der Waals surface area (Å²) in [6.07, 6.45) is 0.491. The Balaban J connectivity index is 2.50. The van der Waals surface area contributed by atoms with Gasteiger partial charge in [0.25, 0.3) is 0 Å². The molecule has 7 nitrogen and oxygen atoms in total. The Hall–Kier alpha value is -1.83. The summed E-state index contributed by atoms with van der Waals surface area (Å²) in [5.74, 6) is 0.230. The molecule has 1 atom stereocenters. The van der Waals surface area contributed by atoms with Crippen molar-refractivity contribution in [3.8, 4) is 0 Å². The van der Waals surface area contributed by atoms with Crippen molar-refractivity contribution in [1.29, 1.82) is 0 Å². The fourth-order valence-electron chi connectivity index (χ4n) is 2.49. The van der Waals surface area contributed by atoms with E-state index in [1.54, 1.807) is 11.5 Å². The van der Waals surface area contributed by atoms with E-state index >= 15 is 0 Å². The second kappa shape index (κ2) is 10.2. The van der Waals surface area contributed by atoms with Gasteiger partial charge in [-0.25, -0.2) is 4.79 Å². The zero-order chi connectivity index (χ0) is 19.0. The quantitative estimate of drug-likeness (QED) is 0.696. The van der Waals surface area contributed by atoms with Crippen LogP contribution in [-0.2, 0) is 16.1 Å². The maximum absolute atomic E-state index is 12.1. The Morgan fingerprint density at radius 3 is 2.48 bits per heavy atom. The van der Waals surface area contributed by atoms with Crippen LogP contribution < -0.4 is 15.5 Å². The lowest BCUT2D eigenvalue weighted by Gasteiger charge is -2.20. The van der Waals surface area contributed by atoms with Crippen LogP contribution in [0.3, 0.4) is 0 Å². The van der Waals surface area contributed by atoms with Gasteiger partial charge in [0, 0.05) is 36.1 Å². The molecule has 142 valence electrons. The van der Waals surface area contributed by atoms with Crippen LogP contribution in [0.2, 0.25) is 0 Å². The lowest BCUT2D eigenvalue weighted by atomic mass is 10.0. The summed E-state index contributed by atoms with van der Waals surface area (Å²) in [6, 6.07) is -0.184. The maximum Gasteiger partial charge on any atom is 0.407 e. The highest BCUT2D eigenvalue weighted by molar-refractivity contribution is 7.09. The Bertz CT molecular complexity index is 636. The zero-order valence-corrected chi connectivity index (χ0v) is 16.5. The Morgan fingerprint density at radius 2 is 1.96 bits per heavy atom. The van der Waals surface area contributed by atoms with Crippen molar-refractivity contribution in [3.63, 3.8) is 0 Å². The second-order valence-corrected chi connectivity index (χ2v) is 7.57. The fourth-order valence-corrected chi connectivity index (χ4v) is 3.34. The molecule has 1 aromatic heterocycles. The second-order valence-electron chi connectivity index (χ2n) is 6.41. The van der Waals surface area contributed by atoms with E-state index in [4.69, 9.17) is 4.74 Å². The minimum atomic E-state index is -0.474. The molecule has 0 aliphatic heterocycles. The maximum atomic E-state index is 12.1. The van der Waals surface area contributed by atoms with Crippen LogP contribution in [-0.4, -0.2) is 35.8 Å². The number of thiazole rings is 1. The molecule has 1 aromatic rings. The van der Waals surface area contributed by atoms with Gasteiger partial charge in [-0.05, 0) is 33.1 Å². The van der Waals surface area contributed by atoms with Gasteiger partial charge in [0.1, 0.15) is 0 Å². The zero-order valence-electron chi connectivity index (χ0n) is 15.7. The first-order valence-corrected chi connectivity index (χ1v) is 9.43. The van der Waals surface area contributed by atoms with Crippen molar-refractivity contribution in [1.82, 2.24) is 15.2 Å². The summed E-state index contributed by atoms with van der Waals surface area (Å²) in [6.45, 7) is 10.6. The number of alkyl carbamates (subject to hydrolysis) is 1. The molecule has 0 radical (unpaired) electrons. The van der Waals surface area contributed by atoms with Gasteiger partial charge in [-0.1, -0.05) is 25.2 Å². The lowest BCUT2D eigenvalue weighted by Crippen LogP contribution is -2.44. The summed E-state index contributed by atoms with van der Waals surface area (Å²) >= 11 is 1.20. The first kappa shape index (κ1) is 21.2. The van der Waals surface area contributed by atoms with E-state index in [9.17, 15) is 14.4 Å². The topological polar surface area (TPSA) is 89.4 Å². The highest BCUT2D eigenvalue weighted by Crippen LogP contribution is 2.09. The molecular formula is C17H29N3O4S. The number of carbonyl (C=O) groups is 2. The number of hydrogen-bond donors (Lipinski definition) is 2. The van der Waals surface area contributed by atoms with Gasteiger partial charge < -0.3 is 19.9 Å². The number of rotatable bonds is 9. The lowest BCUT2D eigenvalue weighted by molar-refractivity contribution is -0.121. The van der Waals surface area contributed by atoms with Crippen LogP contribution in [0.4, 0.5) is 4.79 Å². The minimum Gasteiger partial charge on any atom is -0.450 e. The van der Waals surface area contributed by atoms with Crippen LogP contribution in [0, 0.1) is 19.8 Å². The molecule has 0 saturated heterocycles. The van der Waals surface area contributed by atoms with E-state index in [0.29, 0.717) is 25.6 Å². The van der Waals surface area contributed by atoms with Gasteiger partial charge in [0.15, 0.2) is 0 Å². The van der Waals surface area contributed by atoms with Crippen LogP contribution >= 0.6 is 11.3 Å². The van der Waals surface area contributed by atoms with Crippen LogP contribution in [0.1, 0.15) is 44.2 Å². The third-order valence-corrected chi connectivity index (χ3v) is 4.83. The highest BCUT2D eigenvalue weighted by Gasteiger charge is 2.16. The van der Waals surface area contributed by atoms with Gasteiger partial charge in [0.2, 0.25) is 5.91 Å². The first-order chi connectivity index (χ1) is 11.7. The van der Waals surface area contributed by atoms with E-state index in [1.807, 2.05) is 13.8 Å². The Kier molecular flexibility index (Phi) is 8.68. The molecule has 1 heterocycles. The average Bonchev–Trinajstić information content (AvgIpc) is 2.75. The van der Waals surface area contributed by atoms with Gasteiger partial charge in [0.05, 0.1) is 6.61 Å². The normalized spacial score (nSPS) is 12.1. The molecule has 2 amide bonds. The monoisotopic (exact) mass is 371 g/mol. The van der Waals surface area contributed by atoms with Gasteiger partial charge in [-0.15, -0.1) is 0 Å². The standard InChI is InChI=1S/C17H29N3O4S/c1-6-24-16(22)19-14(9-11(2)3)10-18-15(21)7-8-20-12(4)13(5)25-17(20)23/h11,14H,6-10H2,1-5H3,(H,18,21)(H,19,22). The molecule has 0 aliphatic rings. The summed E-state index contributed by atoms with van der Waals surface area (Å²) in [5.41, 5.74) is 0.907. The van der Waals surface area contributed by atoms with Crippen molar-refractivity contribution in [2.24, 2.45) is 5.92 Å². The fraction of sp³-hybridized carbons (Fsp3) is 0.706. The van der Waals surface area contributed by atoms with Crippen LogP contribution in [0.5, 0.6) is 0 Å². The molecule has 2 N–H and O–H groups in total. The third kappa shape index (κ3) is 7.29. The summed E-state index contributed by atoms with van der Waals surface area (Å²) in [4.78, 5) is 36.4. The Labute approximate surface area is 152 Å². The summed E-state index contributed by atoms with van der Waals surface area (Å²) in [7, 11) is 0. The summed E-state index contributed by atoms with van der Waals surface area (Å²) < 4.78 is 6.52. The molecule has 0 fully saturated rings. The molecule has 0 spiro atoms. The minimum absolute atomic E-state index is 0.0375. The van der Waals surface area contributed by atoms with Crippen LogP contribution in [0.25, 0.3) is 0 Å². The number of hydrogen-bond acceptors (Lipinski definition) is 5. The van der Waals surface area contributed by atoms with Crippen molar-refractivity contribution < 1.29 is 14.3 Å². The number of nitrogens with one attached hydrogen (secondary N) is 2. The molecule has 8 heteroatoms. The molecule has 0 saturated carbocycles. The van der Waals surface area contributed by atoms with E-state index in [-0.39, 0.29) is 23.2 Å². The third-order valence-electron chi connectivity index (χ3n) is 3.84. The van der Waals surface area contributed by atoms with Gasteiger partial charge in [-0.2, -0.15) is 0 Å². The van der Waals surface area contributed by atoms with E-state index in [0.717, 1.165) is 17.0 Å². The molecule has 0 bridgehead atoms. The highest BCUT2D eigenvalue weighted by atomic mass is 32.1. The molecule has 1 unspecified atom stereocenters. The van der Waals surface area contributed by atoms with Crippen molar-refractivity contribution in [3.05, 3.63) is 20.2 Å². The predicted octanol–water partition coefficient (Wildman–Crippen LogP) is 2.19. The molecule has 25 heavy (non-hydrogen) atoms. The van der Waals surface area contributed by atoms with Crippen molar-refractivity contribution in [2.45, 2.75) is 60.0 Å². The number of aromatic nitrogens is 1. The van der Waals surface area contributed by atoms with Crippen molar-refractivity contribution >= 4 is 23.3 Å². The number of ether oxygens (including phenoxy) is 1. The SMILES string of the molecule is CCOC(=O)NC(CNC(=O)CCn1c(C)c(C)sc1=O)CC(C)C. The Morgan fingerprint density at radius 1 is 1.28 bits per heavy atom. The average molecular weight is 372 g/mol. The number of carbonyl (C=O) groups excluding carboxylic acids is 2. The predicted molar refractivity (Wildman–Crippen MR) is 99.1 cm³/mol. The van der Waals surface area contributed by atoms with Crippen LogP contribution in [0.15, 0.2) is 4.79 Å². The molecule has 0 aromatic carbocycles. The van der Waals surface area contributed by atoms with Gasteiger partial charge >= 0.3 is 11.0 Å². The van der Waals surface area contributed by atoms with E-state index < -0.39 is 6.09 Å². The van der Waals surface area contributed by atoms with Gasteiger partial charge in [-0.3, -0.25) is 9.59 Å².